The van der Waals surface area contributed by atoms with Crippen LogP contribution in [0.15, 0.2) is 48.5 Å². The molecule has 0 bridgehead atoms. The first-order chi connectivity index (χ1) is 12.2. The molecule has 3 aromatic rings. The van der Waals surface area contributed by atoms with Gasteiger partial charge in [-0.15, -0.1) is 0 Å². The van der Waals surface area contributed by atoms with Crippen LogP contribution in [0.2, 0.25) is 5.02 Å². The van der Waals surface area contributed by atoms with Crippen molar-refractivity contribution in [1.82, 2.24) is 14.9 Å². The summed E-state index contributed by atoms with van der Waals surface area (Å²) in [6.45, 7) is 3.66. The highest BCUT2D eigenvalue weighted by Gasteiger charge is 2.12. The molecule has 0 atom stereocenters. The van der Waals surface area contributed by atoms with Crippen molar-refractivity contribution in [3.05, 3.63) is 64.9 Å². The summed E-state index contributed by atoms with van der Waals surface area (Å²) in [7, 11) is 0. The highest BCUT2D eigenvalue weighted by Crippen LogP contribution is 2.18. The summed E-state index contributed by atoms with van der Waals surface area (Å²) in [5, 5.41) is 3.41. The van der Waals surface area contributed by atoms with Crippen LogP contribution in [0.1, 0.15) is 35.9 Å². The summed E-state index contributed by atoms with van der Waals surface area (Å²) in [5.41, 5.74) is 2.66. The molecular formula is C20H22ClN3O. The molecule has 1 heterocycles. The lowest BCUT2D eigenvalue weighted by atomic mass is 10.2. The minimum Gasteiger partial charge on any atom is -0.352 e. The number of amides is 1. The lowest BCUT2D eigenvalue weighted by molar-refractivity contribution is 0.0954. The molecule has 3 rings (SSSR count). The second-order valence-electron chi connectivity index (χ2n) is 6.01. The zero-order chi connectivity index (χ0) is 17.6. The Morgan fingerprint density at radius 1 is 1.16 bits per heavy atom. The van der Waals surface area contributed by atoms with Crippen molar-refractivity contribution in [2.24, 2.45) is 0 Å². The Labute approximate surface area is 152 Å². The van der Waals surface area contributed by atoms with Crippen LogP contribution in [0.25, 0.3) is 11.0 Å². The van der Waals surface area contributed by atoms with Gasteiger partial charge in [0, 0.05) is 19.5 Å². The number of imidazole rings is 1. The molecule has 0 aliphatic carbocycles. The second kappa shape index (κ2) is 8.17. The number of fused-ring (bicyclic) bond motifs is 1. The number of rotatable bonds is 7. The molecule has 0 aliphatic rings. The zero-order valence-corrected chi connectivity index (χ0v) is 15.1. The number of aryl methyl sites for hydroxylation is 1. The number of hydrogen-bond acceptors (Lipinski definition) is 2. The molecule has 1 aromatic heterocycles. The van der Waals surface area contributed by atoms with Gasteiger partial charge in [-0.2, -0.15) is 0 Å². The van der Waals surface area contributed by atoms with E-state index in [0.29, 0.717) is 23.6 Å². The number of benzene rings is 2. The van der Waals surface area contributed by atoms with Crippen LogP contribution in [0.4, 0.5) is 0 Å². The highest BCUT2D eigenvalue weighted by atomic mass is 35.5. The van der Waals surface area contributed by atoms with Crippen LogP contribution in [-0.4, -0.2) is 22.0 Å². The van der Waals surface area contributed by atoms with E-state index in [2.05, 4.69) is 22.9 Å². The summed E-state index contributed by atoms with van der Waals surface area (Å²) in [4.78, 5) is 17.0. The summed E-state index contributed by atoms with van der Waals surface area (Å²) in [5.74, 6) is 0.857. The van der Waals surface area contributed by atoms with Gasteiger partial charge in [-0.05, 0) is 30.7 Å². The first-order valence-corrected chi connectivity index (χ1v) is 9.05. The maximum absolute atomic E-state index is 12.3. The van der Waals surface area contributed by atoms with Gasteiger partial charge in [0.1, 0.15) is 5.82 Å². The van der Waals surface area contributed by atoms with Crippen molar-refractivity contribution in [2.45, 2.75) is 32.7 Å². The molecule has 1 N–H and O–H groups in total. The highest BCUT2D eigenvalue weighted by molar-refractivity contribution is 6.33. The van der Waals surface area contributed by atoms with Gasteiger partial charge < -0.3 is 9.88 Å². The average molecular weight is 356 g/mol. The van der Waals surface area contributed by atoms with Crippen LogP contribution in [0, 0.1) is 0 Å². The molecule has 0 unspecified atom stereocenters. The zero-order valence-electron chi connectivity index (χ0n) is 14.3. The molecule has 25 heavy (non-hydrogen) atoms. The number of para-hydroxylation sites is 2. The first kappa shape index (κ1) is 17.5. The van der Waals surface area contributed by atoms with Gasteiger partial charge in [-0.25, -0.2) is 4.98 Å². The Morgan fingerprint density at radius 3 is 2.72 bits per heavy atom. The number of hydrogen-bond donors (Lipinski definition) is 1. The third-order valence-corrected chi connectivity index (χ3v) is 4.55. The van der Waals surface area contributed by atoms with Crippen LogP contribution in [-0.2, 0) is 13.0 Å². The Hall–Kier alpha value is -2.33. The third-order valence-electron chi connectivity index (χ3n) is 4.22. The molecule has 0 saturated carbocycles. The van der Waals surface area contributed by atoms with Gasteiger partial charge in [0.25, 0.3) is 5.91 Å². The summed E-state index contributed by atoms with van der Waals surface area (Å²) >= 11 is 6.07. The average Bonchev–Trinajstić information content (AvgIpc) is 2.97. The van der Waals surface area contributed by atoms with E-state index in [9.17, 15) is 4.79 Å². The first-order valence-electron chi connectivity index (χ1n) is 8.67. The van der Waals surface area contributed by atoms with Crippen molar-refractivity contribution in [3.63, 3.8) is 0 Å². The second-order valence-corrected chi connectivity index (χ2v) is 6.41. The standard InChI is InChI=1S/C20H22ClN3O/c1-2-3-14-24-18-11-7-6-10-17(18)23-19(24)12-13-22-20(25)15-8-4-5-9-16(15)21/h4-11H,2-3,12-14H2,1H3,(H,22,25). The lowest BCUT2D eigenvalue weighted by Crippen LogP contribution is -2.26. The summed E-state index contributed by atoms with van der Waals surface area (Å²) in [6.07, 6.45) is 2.93. The van der Waals surface area contributed by atoms with E-state index < -0.39 is 0 Å². The number of aromatic nitrogens is 2. The molecule has 1 amide bonds. The van der Waals surface area contributed by atoms with Crippen LogP contribution in [0.5, 0.6) is 0 Å². The van der Waals surface area contributed by atoms with Gasteiger partial charge in [-0.1, -0.05) is 49.2 Å². The Morgan fingerprint density at radius 2 is 1.92 bits per heavy atom. The molecule has 130 valence electrons. The smallest absolute Gasteiger partial charge is 0.252 e. The fourth-order valence-electron chi connectivity index (χ4n) is 2.91. The van der Waals surface area contributed by atoms with E-state index in [4.69, 9.17) is 16.6 Å². The number of carbonyl (C=O) groups excluding carboxylic acids is 1. The van der Waals surface area contributed by atoms with E-state index in [1.54, 1.807) is 12.1 Å². The summed E-state index contributed by atoms with van der Waals surface area (Å²) in [6, 6.07) is 15.3. The van der Waals surface area contributed by atoms with Gasteiger partial charge in [-0.3, -0.25) is 4.79 Å². The number of carbonyl (C=O) groups is 1. The number of unbranched alkanes of at least 4 members (excludes halogenated alkanes) is 1. The summed E-state index contributed by atoms with van der Waals surface area (Å²) < 4.78 is 2.26. The number of nitrogens with one attached hydrogen (secondary N) is 1. The third kappa shape index (κ3) is 4.02. The molecule has 4 nitrogen and oxygen atoms in total. The predicted molar refractivity (Wildman–Crippen MR) is 102 cm³/mol. The Balaban J connectivity index is 1.70. The normalized spacial score (nSPS) is 11.0. The number of halogens is 1. The van der Waals surface area contributed by atoms with Crippen molar-refractivity contribution in [3.8, 4) is 0 Å². The van der Waals surface area contributed by atoms with Crippen molar-refractivity contribution < 1.29 is 4.79 Å². The Bertz CT molecular complexity index is 872. The maximum Gasteiger partial charge on any atom is 0.252 e. The van der Waals surface area contributed by atoms with E-state index in [-0.39, 0.29) is 5.91 Å². The molecule has 2 aromatic carbocycles. The topological polar surface area (TPSA) is 46.9 Å². The van der Waals surface area contributed by atoms with Crippen molar-refractivity contribution >= 4 is 28.5 Å². The molecule has 0 saturated heterocycles. The Kier molecular flexibility index (Phi) is 5.71. The van der Waals surface area contributed by atoms with Crippen molar-refractivity contribution in [1.29, 1.82) is 0 Å². The largest absolute Gasteiger partial charge is 0.352 e. The monoisotopic (exact) mass is 355 g/mol. The molecule has 0 radical (unpaired) electrons. The van der Waals surface area contributed by atoms with E-state index in [0.717, 1.165) is 36.2 Å². The molecule has 0 spiro atoms. The maximum atomic E-state index is 12.3. The van der Waals surface area contributed by atoms with E-state index >= 15 is 0 Å². The molecule has 0 aliphatic heterocycles. The van der Waals surface area contributed by atoms with Gasteiger partial charge >= 0.3 is 0 Å². The predicted octanol–water partition coefficient (Wildman–Crippen LogP) is 4.46. The minimum atomic E-state index is -0.151. The van der Waals surface area contributed by atoms with E-state index in [1.165, 1.54) is 0 Å². The SMILES string of the molecule is CCCCn1c(CCNC(=O)c2ccccc2Cl)nc2ccccc21. The van der Waals surface area contributed by atoms with Crippen LogP contribution >= 0.6 is 11.6 Å². The molecular weight excluding hydrogens is 334 g/mol. The van der Waals surface area contributed by atoms with Gasteiger partial charge in [0.15, 0.2) is 0 Å². The minimum absolute atomic E-state index is 0.151. The lowest BCUT2D eigenvalue weighted by Gasteiger charge is -2.10. The van der Waals surface area contributed by atoms with Crippen LogP contribution in [0.3, 0.4) is 0 Å². The van der Waals surface area contributed by atoms with Gasteiger partial charge in [0.05, 0.1) is 21.6 Å². The molecule has 0 fully saturated rings. The van der Waals surface area contributed by atoms with Crippen LogP contribution < -0.4 is 5.32 Å². The quantitative estimate of drug-likeness (QED) is 0.680. The fraction of sp³-hybridized carbons (Fsp3) is 0.300. The van der Waals surface area contributed by atoms with Crippen molar-refractivity contribution in [2.75, 3.05) is 6.54 Å². The fourth-order valence-corrected chi connectivity index (χ4v) is 3.13. The van der Waals surface area contributed by atoms with Gasteiger partial charge in [0.2, 0.25) is 0 Å². The molecule has 5 heteroatoms. The van der Waals surface area contributed by atoms with E-state index in [1.807, 2.05) is 30.3 Å². The number of nitrogens with zero attached hydrogens (tertiary/aromatic N) is 2.